The SMILES string of the molecule is CC(=O)C1=CC(=O)C(=[OH+])C=C1.CC(=O)c1ccc(O)c(OC(=O)c2cccnc2)c1.O=C(Cl)c1cccnc1. The third-order valence-electron chi connectivity index (χ3n) is 4.72. The summed E-state index contributed by atoms with van der Waals surface area (Å²) in [4.78, 5) is 71.1. The molecule has 11 heteroatoms. The molecule has 1 aliphatic rings. The fourth-order valence-corrected chi connectivity index (χ4v) is 2.78. The average Bonchev–Trinajstić information content (AvgIpc) is 2.93. The number of hydrogen-bond acceptors (Lipinski definition) is 9. The second-order valence-corrected chi connectivity index (χ2v) is 7.97. The topological polar surface area (TPSA) is 162 Å². The first-order valence-electron chi connectivity index (χ1n) is 11.1. The van der Waals surface area contributed by atoms with E-state index < -0.39 is 17.0 Å². The predicted octanol–water partition coefficient (Wildman–Crippen LogP) is 3.86. The van der Waals surface area contributed by atoms with E-state index >= 15 is 0 Å². The standard InChI is InChI=1S/C14H11NO4.C8H6O3.C6H4ClNO/c1-9(16)10-4-5-12(17)13(7-10)19-14(18)11-3-2-6-15-8-11;1-5(9)6-2-3-7(10)8(11)4-6;7-6(9)5-2-1-3-8-4-5/h2-8,17H,1H3;2-4H,1H3;1-4H/p+1. The Morgan fingerprint density at radius 2 is 1.49 bits per heavy atom. The van der Waals surface area contributed by atoms with Gasteiger partial charge in [-0.3, -0.25) is 33.9 Å². The van der Waals surface area contributed by atoms with Gasteiger partial charge in [-0.1, -0.05) is 0 Å². The monoisotopic (exact) mass is 549 g/mol. The highest BCUT2D eigenvalue weighted by atomic mass is 35.5. The number of allylic oxidation sites excluding steroid dienone is 4. The van der Waals surface area contributed by atoms with Crippen molar-refractivity contribution in [1.82, 2.24) is 9.97 Å². The smallest absolute Gasteiger partial charge is 0.386 e. The Morgan fingerprint density at radius 3 is 1.95 bits per heavy atom. The fourth-order valence-electron chi connectivity index (χ4n) is 2.67. The maximum Gasteiger partial charge on any atom is 0.386 e. The Balaban J connectivity index is 0.000000226. The van der Waals surface area contributed by atoms with Crippen LogP contribution in [0.25, 0.3) is 0 Å². The Morgan fingerprint density at radius 1 is 0.872 bits per heavy atom. The second kappa shape index (κ2) is 14.6. The zero-order valence-corrected chi connectivity index (χ0v) is 21.5. The number of ether oxygens (including phenoxy) is 1. The van der Waals surface area contributed by atoms with Gasteiger partial charge >= 0.3 is 11.8 Å². The Bertz CT molecular complexity index is 1470. The Hall–Kier alpha value is -5.09. The van der Waals surface area contributed by atoms with Gasteiger partial charge in [0.15, 0.2) is 23.1 Å². The lowest BCUT2D eigenvalue weighted by atomic mass is 10.0. The Labute approximate surface area is 227 Å². The summed E-state index contributed by atoms with van der Waals surface area (Å²) in [6, 6.07) is 10.5. The number of aromatic nitrogens is 2. The molecule has 2 heterocycles. The highest BCUT2D eigenvalue weighted by Crippen LogP contribution is 2.27. The third kappa shape index (κ3) is 9.71. The van der Waals surface area contributed by atoms with Crippen molar-refractivity contribution in [3.63, 3.8) is 0 Å². The molecule has 0 spiro atoms. The molecule has 0 aliphatic heterocycles. The van der Waals surface area contributed by atoms with E-state index in [-0.39, 0.29) is 34.4 Å². The number of aromatic hydroxyl groups is 1. The van der Waals surface area contributed by atoms with Gasteiger partial charge in [-0.05, 0) is 74.0 Å². The van der Waals surface area contributed by atoms with E-state index in [9.17, 15) is 29.1 Å². The molecule has 0 amide bonds. The molecule has 2 aromatic heterocycles. The molecule has 0 radical (unpaired) electrons. The molecule has 0 saturated heterocycles. The van der Waals surface area contributed by atoms with Gasteiger partial charge in [-0.25, -0.2) is 4.79 Å². The van der Waals surface area contributed by atoms with Crippen LogP contribution in [-0.4, -0.2) is 54.2 Å². The lowest BCUT2D eigenvalue weighted by molar-refractivity contribution is -0.114. The highest BCUT2D eigenvalue weighted by molar-refractivity contribution is 6.67. The molecule has 2 N–H and O–H groups in total. The highest BCUT2D eigenvalue weighted by Gasteiger charge is 2.20. The third-order valence-corrected chi connectivity index (χ3v) is 4.94. The van der Waals surface area contributed by atoms with Crippen molar-refractivity contribution in [3.8, 4) is 11.5 Å². The van der Waals surface area contributed by atoms with E-state index in [1.165, 1.54) is 62.8 Å². The lowest BCUT2D eigenvalue weighted by Crippen LogP contribution is -2.14. The zero-order chi connectivity index (χ0) is 28.9. The van der Waals surface area contributed by atoms with Gasteiger partial charge in [-0.15, -0.1) is 0 Å². The number of halogens is 1. The summed E-state index contributed by atoms with van der Waals surface area (Å²) in [5, 5.41) is 9.14. The van der Waals surface area contributed by atoms with Crippen molar-refractivity contribution in [3.05, 3.63) is 108 Å². The minimum Gasteiger partial charge on any atom is -0.504 e. The van der Waals surface area contributed by atoms with Crippen molar-refractivity contribution in [2.24, 2.45) is 0 Å². The Kier molecular flexibility index (Phi) is 11.3. The largest absolute Gasteiger partial charge is 0.504 e. The summed E-state index contributed by atoms with van der Waals surface area (Å²) in [5.74, 6) is -2.11. The van der Waals surface area contributed by atoms with Crippen molar-refractivity contribution in [2.75, 3.05) is 0 Å². The van der Waals surface area contributed by atoms with Crippen molar-refractivity contribution < 1.29 is 38.6 Å². The van der Waals surface area contributed by atoms with E-state index in [4.69, 9.17) is 21.1 Å². The first-order valence-corrected chi connectivity index (χ1v) is 11.4. The molecule has 0 unspecified atom stereocenters. The molecule has 1 aliphatic carbocycles. The molecule has 10 nitrogen and oxygen atoms in total. The van der Waals surface area contributed by atoms with Gasteiger partial charge in [0.05, 0.1) is 11.1 Å². The van der Waals surface area contributed by atoms with Crippen LogP contribution >= 0.6 is 11.6 Å². The van der Waals surface area contributed by atoms with Crippen LogP contribution in [0.2, 0.25) is 0 Å². The molecule has 0 atom stereocenters. The number of hydrogen-bond donors (Lipinski definition) is 1. The van der Waals surface area contributed by atoms with E-state index in [1.807, 2.05) is 0 Å². The average molecular weight is 550 g/mol. The molecule has 0 bridgehead atoms. The molecule has 0 fully saturated rings. The van der Waals surface area contributed by atoms with Gasteiger partial charge in [0.2, 0.25) is 0 Å². The molecule has 198 valence electrons. The van der Waals surface area contributed by atoms with Gasteiger partial charge in [-0.2, -0.15) is 0 Å². The van der Waals surface area contributed by atoms with Crippen molar-refractivity contribution >= 4 is 45.9 Å². The van der Waals surface area contributed by atoms with E-state index in [0.29, 0.717) is 16.7 Å². The van der Waals surface area contributed by atoms with Gasteiger partial charge in [0.1, 0.15) is 0 Å². The number of esters is 1. The van der Waals surface area contributed by atoms with Crippen LogP contribution in [0.4, 0.5) is 0 Å². The maximum absolute atomic E-state index is 11.8. The minimum atomic E-state index is -0.649. The van der Waals surface area contributed by atoms with Crippen molar-refractivity contribution in [2.45, 2.75) is 13.8 Å². The quantitative estimate of drug-likeness (QED) is 0.0946. The van der Waals surface area contributed by atoms with Crippen LogP contribution in [0.3, 0.4) is 0 Å². The molecule has 0 saturated carbocycles. The van der Waals surface area contributed by atoms with E-state index in [0.717, 1.165) is 6.08 Å². The van der Waals surface area contributed by atoms with Crippen LogP contribution in [0.1, 0.15) is 44.9 Å². The summed E-state index contributed by atoms with van der Waals surface area (Å²) >= 11 is 5.12. The molecule has 1 aromatic carbocycles. The molecule has 4 rings (SSSR count). The second-order valence-electron chi connectivity index (χ2n) is 7.62. The minimum absolute atomic E-state index is 0.0541. The summed E-state index contributed by atoms with van der Waals surface area (Å²) in [7, 11) is 0. The summed E-state index contributed by atoms with van der Waals surface area (Å²) in [5.41, 5.74) is 1.37. The number of carbonyl (C=O) groups excluding carboxylic acids is 6. The number of Topliss-reactive ketones (excluding diaryl/α,β-unsaturated/α-hetero) is 2. The molecule has 3 aromatic rings. The van der Waals surface area contributed by atoms with Crippen LogP contribution in [0, 0.1) is 0 Å². The zero-order valence-electron chi connectivity index (χ0n) is 20.7. The maximum atomic E-state index is 11.8. The summed E-state index contributed by atoms with van der Waals surface area (Å²) < 4.78 is 5.04. The summed E-state index contributed by atoms with van der Waals surface area (Å²) in [6.45, 7) is 2.75. The molecule has 39 heavy (non-hydrogen) atoms. The van der Waals surface area contributed by atoms with Crippen LogP contribution in [-0.2, 0) is 9.59 Å². The number of phenols is 1. The van der Waals surface area contributed by atoms with Crippen LogP contribution in [0.5, 0.6) is 11.5 Å². The number of carbonyl (C=O) groups is 5. The molecular weight excluding hydrogens is 528 g/mol. The predicted molar refractivity (Wildman–Crippen MR) is 142 cm³/mol. The number of ketones is 4. The van der Waals surface area contributed by atoms with Gasteiger partial charge in [0.25, 0.3) is 11.0 Å². The van der Waals surface area contributed by atoms with Crippen LogP contribution < -0.4 is 4.74 Å². The van der Waals surface area contributed by atoms with Crippen molar-refractivity contribution in [1.29, 1.82) is 0 Å². The fraction of sp³-hybridized carbons (Fsp3) is 0.0714. The number of pyridine rings is 2. The number of nitrogens with zero attached hydrogens (tertiary/aromatic N) is 2. The normalized spacial score (nSPS) is 11.6. The molecular formula is C28H22ClN2O8+. The van der Waals surface area contributed by atoms with Gasteiger partial charge < -0.3 is 9.84 Å². The summed E-state index contributed by atoms with van der Waals surface area (Å²) in [6.07, 6.45) is 9.66. The lowest BCUT2D eigenvalue weighted by Gasteiger charge is -2.07. The van der Waals surface area contributed by atoms with E-state index in [2.05, 4.69) is 9.97 Å². The first kappa shape index (κ1) is 30.1. The van der Waals surface area contributed by atoms with Crippen LogP contribution in [0.15, 0.2) is 91.1 Å². The number of phenolic OH excluding ortho intramolecular Hbond substituents is 1. The van der Waals surface area contributed by atoms with Gasteiger partial charge in [0, 0.05) is 48.1 Å². The number of rotatable bonds is 5. The van der Waals surface area contributed by atoms with E-state index in [1.54, 1.807) is 30.5 Å². The first-order chi connectivity index (χ1) is 18.5. The number of benzene rings is 1.